The standard InChI is InChI=1S/C22H24BrNO3/c1-5-27-20-12-15(11-18(23)21(20)26-4)10-17-16-8-6-7-9-19(16)24(22(17)25)13-14(2)3/h6-12,14H,5,13H2,1-4H3/b17-10-. The van der Waals surface area contributed by atoms with Crippen LogP contribution in [0.2, 0.25) is 0 Å². The number of benzene rings is 2. The number of hydrogen-bond donors (Lipinski definition) is 0. The van der Waals surface area contributed by atoms with Crippen molar-refractivity contribution in [2.75, 3.05) is 25.2 Å². The van der Waals surface area contributed by atoms with Crippen LogP contribution < -0.4 is 14.4 Å². The van der Waals surface area contributed by atoms with Crippen molar-refractivity contribution in [3.63, 3.8) is 0 Å². The summed E-state index contributed by atoms with van der Waals surface area (Å²) < 4.78 is 11.9. The second-order valence-electron chi connectivity index (χ2n) is 6.85. The van der Waals surface area contributed by atoms with Gasteiger partial charge in [0, 0.05) is 17.7 Å². The predicted octanol–water partition coefficient (Wildman–Crippen LogP) is 5.40. The number of carbonyl (C=O) groups excluding carboxylic acids is 1. The first-order valence-corrected chi connectivity index (χ1v) is 9.88. The van der Waals surface area contributed by atoms with Crippen LogP contribution in [-0.4, -0.2) is 26.2 Å². The average molecular weight is 430 g/mol. The first-order chi connectivity index (χ1) is 13.0. The summed E-state index contributed by atoms with van der Waals surface area (Å²) >= 11 is 3.54. The van der Waals surface area contributed by atoms with Gasteiger partial charge >= 0.3 is 0 Å². The molecule has 4 nitrogen and oxygen atoms in total. The fourth-order valence-corrected chi connectivity index (χ4v) is 3.91. The second-order valence-corrected chi connectivity index (χ2v) is 7.71. The van der Waals surface area contributed by atoms with Gasteiger partial charge in [0.25, 0.3) is 5.91 Å². The normalized spacial score (nSPS) is 14.8. The Labute approximate surface area is 168 Å². The van der Waals surface area contributed by atoms with Gasteiger partial charge in [0.2, 0.25) is 0 Å². The number of hydrogen-bond acceptors (Lipinski definition) is 3. The highest BCUT2D eigenvalue weighted by molar-refractivity contribution is 9.10. The van der Waals surface area contributed by atoms with E-state index in [1.54, 1.807) is 7.11 Å². The van der Waals surface area contributed by atoms with Crippen molar-refractivity contribution in [2.45, 2.75) is 20.8 Å². The van der Waals surface area contributed by atoms with E-state index >= 15 is 0 Å². The minimum atomic E-state index is 0.0369. The lowest BCUT2D eigenvalue weighted by Gasteiger charge is -2.19. The molecule has 0 radical (unpaired) electrons. The Bertz CT molecular complexity index is 889. The molecule has 27 heavy (non-hydrogen) atoms. The molecule has 2 aromatic rings. The number of carbonyl (C=O) groups is 1. The van der Waals surface area contributed by atoms with Crippen LogP contribution in [-0.2, 0) is 4.79 Å². The van der Waals surface area contributed by atoms with Gasteiger partial charge in [-0.05, 0) is 58.6 Å². The largest absolute Gasteiger partial charge is 0.492 e. The number of methoxy groups -OCH3 is 1. The van der Waals surface area contributed by atoms with Gasteiger partial charge in [-0.3, -0.25) is 4.79 Å². The number of amides is 1. The molecule has 0 unspecified atom stereocenters. The van der Waals surface area contributed by atoms with Crippen molar-refractivity contribution >= 4 is 39.2 Å². The molecule has 142 valence electrons. The molecule has 1 amide bonds. The number of halogens is 1. The summed E-state index contributed by atoms with van der Waals surface area (Å²) in [6.07, 6.45) is 1.92. The number of anilines is 1. The van der Waals surface area contributed by atoms with E-state index in [1.807, 2.05) is 54.3 Å². The van der Waals surface area contributed by atoms with Crippen LogP contribution in [0.3, 0.4) is 0 Å². The molecular weight excluding hydrogens is 406 g/mol. The highest BCUT2D eigenvalue weighted by Gasteiger charge is 2.32. The third-order valence-electron chi connectivity index (χ3n) is 4.36. The summed E-state index contributed by atoms with van der Waals surface area (Å²) in [7, 11) is 1.61. The minimum absolute atomic E-state index is 0.0369. The molecule has 0 saturated carbocycles. The molecule has 1 aliphatic rings. The van der Waals surface area contributed by atoms with Crippen molar-refractivity contribution < 1.29 is 14.3 Å². The Morgan fingerprint density at radius 2 is 1.96 bits per heavy atom. The van der Waals surface area contributed by atoms with Gasteiger partial charge < -0.3 is 14.4 Å². The van der Waals surface area contributed by atoms with Crippen LogP contribution in [0.5, 0.6) is 11.5 Å². The summed E-state index contributed by atoms with van der Waals surface area (Å²) in [6, 6.07) is 11.8. The van der Waals surface area contributed by atoms with E-state index in [1.165, 1.54) is 0 Å². The summed E-state index contributed by atoms with van der Waals surface area (Å²) in [4.78, 5) is 15.0. The second kappa shape index (κ2) is 8.17. The summed E-state index contributed by atoms with van der Waals surface area (Å²) in [5.74, 6) is 1.73. The number of ether oxygens (including phenoxy) is 2. The lowest BCUT2D eigenvalue weighted by atomic mass is 10.0. The van der Waals surface area contributed by atoms with Crippen LogP contribution in [0.25, 0.3) is 11.6 Å². The molecule has 0 aliphatic carbocycles. The highest BCUT2D eigenvalue weighted by Crippen LogP contribution is 2.41. The number of nitrogens with zero attached hydrogens (tertiary/aromatic N) is 1. The third-order valence-corrected chi connectivity index (χ3v) is 4.94. The van der Waals surface area contributed by atoms with Gasteiger partial charge in [-0.15, -0.1) is 0 Å². The smallest absolute Gasteiger partial charge is 0.259 e. The van der Waals surface area contributed by atoms with Crippen LogP contribution in [0.15, 0.2) is 40.9 Å². The maximum atomic E-state index is 13.1. The quantitative estimate of drug-likeness (QED) is 0.576. The lowest BCUT2D eigenvalue weighted by molar-refractivity contribution is -0.113. The topological polar surface area (TPSA) is 38.8 Å². The fraction of sp³-hybridized carbons (Fsp3) is 0.318. The van der Waals surface area contributed by atoms with Crippen molar-refractivity contribution in [3.05, 3.63) is 52.0 Å². The highest BCUT2D eigenvalue weighted by atomic mass is 79.9. The average Bonchev–Trinajstić information content (AvgIpc) is 2.87. The Kier molecular flexibility index (Phi) is 5.90. The summed E-state index contributed by atoms with van der Waals surface area (Å²) in [6.45, 7) is 7.40. The SMILES string of the molecule is CCOc1cc(/C=C2\C(=O)N(CC(C)C)c3ccccc32)cc(Br)c1OC. The number of fused-ring (bicyclic) bond motifs is 1. The van der Waals surface area contributed by atoms with Crippen molar-refractivity contribution in [3.8, 4) is 11.5 Å². The van der Waals surface area contributed by atoms with E-state index in [0.29, 0.717) is 36.1 Å². The van der Waals surface area contributed by atoms with Crippen molar-refractivity contribution in [1.29, 1.82) is 0 Å². The molecule has 1 aliphatic heterocycles. The molecule has 0 atom stereocenters. The van der Waals surface area contributed by atoms with Gasteiger partial charge in [-0.25, -0.2) is 0 Å². The van der Waals surface area contributed by atoms with Gasteiger partial charge in [0.1, 0.15) is 0 Å². The predicted molar refractivity (Wildman–Crippen MR) is 113 cm³/mol. The van der Waals surface area contributed by atoms with Gasteiger partial charge in [0.15, 0.2) is 11.5 Å². The molecule has 3 rings (SSSR count). The molecule has 0 aromatic heterocycles. The monoisotopic (exact) mass is 429 g/mol. The number of para-hydroxylation sites is 1. The van der Waals surface area contributed by atoms with Crippen LogP contribution >= 0.6 is 15.9 Å². The molecule has 0 bridgehead atoms. The lowest BCUT2D eigenvalue weighted by Crippen LogP contribution is -2.30. The first kappa shape index (κ1) is 19.5. The van der Waals surface area contributed by atoms with Gasteiger partial charge in [-0.1, -0.05) is 32.0 Å². The third kappa shape index (κ3) is 3.88. The molecule has 5 heteroatoms. The molecular formula is C22H24BrNO3. The summed E-state index contributed by atoms with van der Waals surface area (Å²) in [5, 5.41) is 0. The Morgan fingerprint density at radius 1 is 1.22 bits per heavy atom. The Morgan fingerprint density at radius 3 is 2.63 bits per heavy atom. The zero-order valence-electron chi connectivity index (χ0n) is 16.1. The maximum Gasteiger partial charge on any atom is 0.259 e. The molecule has 0 saturated heterocycles. The van der Waals surface area contributed by atoms with E-state index in [9.17, 15) is 4.79 Å². The number of rotatable bonds is 6. The first-order valence-electron chi connectivity index (χ1n) is 9.09. The minimum Gasteiger partial charge on any atom is -0.492 e. The Hall–Kier alpha value is -2.27. The van der Waals surface area contributed by atoms with Gasteiger partial charge in [0.05, 0.1) is 23.9 Å². The van der Waals surface area contributed by atoms with E-state index in [0.717, 1.165) is 21.3 Å². The Balaban J connectivity index is 2.08. The zero-order chi connectivity index (χ0) is 19.6. The molecule has 1 heterocycles. The van der Waals surface area contributed by atoms with Crippen molar-refractivity contribution in [1.82, 2.24) is 0 Å². The fourth-order valence-electron chi connectivity index (χ4n) is 3.29. The molecule has 2 aromatic carbocycles. The van der Waals surface area contributed by atoms with Crippen molar-refractivity contribution in [2.24, 2.45) is 5.92 Å². The van der Waals surface area contributed by atoms with Crippen LogP contribution in [0.4, 0.5) is 5.69 Å². The maximum absolute atomic E-state index is 13.1. The van der Waals surface area contributed by atoms with E-state index in [4.69, 9.17) is 9.47 Å². The van der Waals surface area contributed by atoms with Gasteiger partial charge in [-0.2, -0.15) is 0 Å². The van der Waals surface area contributed by atoms with E-state index in [-0.39, 0.29) is 5.91 Å². The summed E-state index contributed by atoms with van der Waals surface area (Å²) in [5.41, 5.74) is 3.52. The molecule has 0 fully saturated rings. The van der Waals surface area contributed by atoms with E-state index in [2.05, 4.69) is 29.8 Å². The van der Waals surface area contributed by atoms with Crippen LogP contribution in [0.1, 0.15) is 31.9 Å². The zero-order valence-corrected chi connectivity index (χ0v) is 17.7. The van der Waals surface area contributed by atoms with E-state index < -0.39 is 0 Å². The molecule has 0 spiro atoms. The molecule has 0 N–H and O–H groups in total. The van der Waals surface area contributed by atoms with Crippen LogP contribution in [0, 0.1) is 5.92 Å².